The molecular formula is C10H9ClN2OS. The summed E-state index contributed by atoms with van der Waals surface area (Å²) in [6.07, 6.45) is 1.74. The van der Waals surface area contributed by atoms with E-state index in [4.69, 9.17) is 22.1 Å². The van der Waals surface area contributed by atoms with Gasteiger partial charge in [-0.2, -0.15) is 0 Å². The van der Waals surface area contributed by atoms with Gasteiger partial charge in [-0.05, 0) is 12.1 Å². The van der Waals surface area contributed by atoms with Gasteiger partial charge in [-0.15, -0.1) is 11.3 Å². The highest BCUT2D eigenvalue weighted by Gasteiger charge is 2.02. The molecule has 2 N–H and O–H groups in total. The van der Waals surface area contributed by atoms with E-state index in [1.165, 1.54) is 0 Å². The first-order valence-electron chi connectivity index (χ1n) is 4.32. The summed E-state index contributed by atoms with van der Waals surface area (Å²) in [6.45, 7) is 0.419. The summed E-state index contributed by atoms with van der Waals surface area (Å²) in [7, 11) is 0. The van der Waals surface area contributed by atoms with Gasteiger partial charge in [-0.3, -0.25) is 0 Å². The summed E-state index contributed by atoms with van der Waals surface area (Å²) >= 11 is 7.37. The Bertz CT molecular complexity index is 445. The third kappa shape index (κ3) is 2.61. The molecule has 0 amide bonds. The summed E-state index contributed by atoms with van der Waals surface area (Å²) < 4.78 is 5.50. The number of hydrogen-bond donors (Lipinski definition) is 1. The number of nitrogen functional groups attached to an aromatic ring is 1. The Labute approximate surface area is 96.5 Å². The third-order valence-corrected chi connectivity index (χ3v) is 2.80. The fraction of sp³-hybridized carbons (Fsp3) is 0.100. The van der Waals surface area contributed by atoms with Crippen molar-refractivity contribution in [1.29, 1.82) is 0 Å². The van der Waals surface area contributed by atoms with Gasteiger partial charge in [0.25, 0.3) is 0 Å². The van der Waals surface area contributed by atoms with Gasteiger partial charge in [0.2, 0.25) is 0 Å². The average Bonchev–Trinajstić information content (AvgIpc) is 2.72. The van der Waals surface area contributed by atoms with Gasteiger partial charge < -0.3 is 10.5 Å². The van der Waals surface area contributed by atoms with Crippen molar-refractivity contribution >= 4 is 28.6 Å². The lowest BCUT2D eigenvalue weighted by molar-refractivity contribution is 0.307. The van der Waals surface area contributed by atoms with E-state index >= 15 is 0 Å². The lowest BCUT2D eigenvalue weighted by Crippen LogP contribution is -1.98. The van der Waals surface area contributed by atoms with Crippen molar-refractivity contribution in [2.45, 2.75) is 6.61 Å². The van der Waals surface area contributed by atoms with E-state index in [1.807, 2.05) is 5.38 Å². The number of nitrogens with two attached hydrogens (primary N) is 1. The van der Waals surface area contributed by atoms with Gasteiger partial charge >= 0.3 is 0 Å². The molecule has 78 valence electrons. The van der Waals surface area contributed by atoms with E-state index in [9.17, 15) is 0 Å². The zero-order chi connectivity index (χ0) is 10.7. The van der Waals surface area contributed by atoms with Crippen LogP contribution in [-0.4, -0.2) is 4.98 Å². The minimum absolute atomic E-state index is 0.419. The zero-order valence-corrected chi connectivity index (χ0v) is 9.39. The normalized spacial score (nSPS) is 10.2. The third-order valence-electron chi connectivity index (χ3n) is 1.81. The maximum absolute atomic E-state index is 5.83. The Hall–Kier alpha value is -1.26. The Morgan fingerprint density at radius 1 is 1.47 bits per heavy atom. The number of halogens is 1. The zero-order valence-electron chi connectivity index (χ0n) is 7.81. The number of hydrogen-bond acceptors (Lipinski definition) is 4. The molecule has 0 aliphatic carbocycles. The minimum atomic E-state index is 0.419. The smallest absolute Gasteiger partial charge is 0.144 e. The maximum atomic E-state index is 5.83. The summed E-state index contributed by atoms with van der Waals surface area (Å²) in [5.74, 6) is 0.595. The lowest BCUT2D eigenvalue weighted by Gasteiger charge is -2.07. The van der Waals surface area contributed by atoms with Crippen molar-refractivity contribution in [2.75, 3.05) is 5.73 Å². The number of benzene rings is 1. The van der Waals surface area contributed by atoms with Crippen LogP contribution >= 0.6 is 22.9 Å². The second-order valence-corrected chi connectivity index (χ2v) is 4.31. The first-order chi connectivity index (χ1) is 7.25. The Morgan fingerprint density at radius 2 is 2.33 bits per heavy atom. The summed E-state index contributed by atoms with van der Waals surface area (Å²) in [6, 6.07) is 5.15. The monoisotopic (exact) mass is 240 g/mol. The number of rotatable bonds is 3. The van der Waals surface area contributed by atoms with Gasteiger partial charge in [0.15, 0.2) is 0 Å². The Morgan fingerprint density at radius 3 is 3.07 bits per heavy atom. The van der Waals surface area contributed by atoms with Crippen LogP contribution in [0, 0.1) is 0 Å². The van der Waals surface area contributed by atoms with Crippen LogP contribution in [0.2, 0.25) is 5.02 Å². The molecule has 0 atom stereocenters. The van der Waals surface area contributed by atoms with E-state index < -0.39 is 0 Å². The lowest BCUT2D eigenvalue weighted by atomic mass is 10.3. The maximum Gasteiger partial charge on any atom is 0.144 e. The highest BCUT2D eigenvalue weighted by Crippen LogP contribution is 2.26. The van der Waals surface area contributed by atoms with Crippen LogP contribution in [0.5, 0.6) is 5.75 Å². The van der Waals surface area contributed by atoms with Crippen LogP contribution in [0.4, 0.5) is 5.69 Å². The SMILES string of the molecule is Nc1ccc(Cl)cc1OCc1nccs1. The first kappa shape index (κ1) is 10.3. The van der Waals surface area contributed by atoms with Crippen molar-refractivity contribution in [2.24, 2.45) is 0 Å². The molecule has 0 aliphatic rings. The Kier molecular flexibility index (Phi) is 3.08. The minimum Gasteiger partial charge on any atom is -0.484 e. The molecule has 15 heavy (non-hydrogen) atoms. The van der Waals surface area contributed by atoms with E-state index in [2.05, 4.69) is 4.98 Å². The van der Waals surface area contributed by atoms with Gasteiger partial charge in [-0.25, -0.2) is 4.98 Å². The van der Waals surface area contributed by atoms with E-state index in [0.717, 1.165) is 5.01 Å². The topological polar surface area (TPSA) is 48.1 Å². The molecule has 2 rings (SSSR count). The van der Waals surface area contributed by atoms with Gasteiger partial charge in [0.1, 0.15) is 17.4 Å². The van der Waals surface area contributed by atoms with E-state index in [-0.39, 0.29) is 0 Å². The predicted octanol–water partition coefficient (Wildman–Crippen LogP) is 2.96. The van der Waals surface area contributed by atoms with Crippen LogP contribution in [-0.2, 0) is 6.61 Å². The molecule has 0 saturated carbocycles. The number of ether oxygens (including phenoxy) is 1. The molecule has 0 saturated heterocycles. The molecule has 0 fully saturated rings. The Balaban J connectivity index is 2.07. The summed E-state index contributed by atoms with van der Waals surface area (Å²) in [5.41, 5.74) is 6.31. The first-order valence-corrected chi connectivity index (χ1v) is 5.57. The molecule has 3 nitrogen and oxygen atoms in total. The van der Waals surface area contributed by atoms with Crippen LogP contribution in [0.15, 0.2) is 29.8 Å². The van der Waals surface area contributed by atoms with Crippen molar-refractivity contribution < 1.29 is 4.74 Å². The molecule has 1 aromatic heterocycles. The molecule has 0 radical (unpaired) electrons. The fourth-order valence-electron chi connectivity index (χ4n) is 1.10. The predicted molar refractivity (Wildman–Crippen MR) is 62.3 cm³/mol. The summed E-state index contributed by atoms with van der Waals surface area (Å²) in [5, 5.41) is 3.42. The van der Waals surface area contributed by atoms with Crippen molar-refractivity contribution in [3.8, 4) is 5.75 Å². The molecule has 1 heterocycles. The van der Waals surface area contributed by atoms with Crippen molar-refractivity contribution in [3.63, 3.8) is 0 Å². The molecule has 5 heteroatoms. The van der Waals surface area contributed by atoms with Crippen molar-refractivity contribution in [1.82, 2.24) is 4.98 Å². The van der Waals surface area contributed by atoms with Crippen LogP contribution in [0.25, 0.3) is 0 Å². The molecule has 0 aliphatic heterocycles. The van der Waals surface area contributed by atoms with Gasteiger partial charge in [-0.1, -0.05) is 11.6 Å². The highest BCUT2D eigenvalue weighted by atomic mass is 35.5. The second kappa shape index (κ2) is 4.51. The quantitative estimate of drug-likeness (QED) is 0.840. The van der Waals surface area contributed by atoms with Crippen LogP contribution in [0.3, 0.4) is 0 Å². The molecule has 0 spiro atoms. The average molecular weight is 241 g/mol. The molecule has 0 bridgehead atoms. The van der Waals surface area contributed by atoms with E-state index in [1.54, 1.807) is 35.7 Å². The summed E-state index contributed by atoms with van der Waals surface area (Å²) in [4.78, 5) is 4.10. The molecule has 0 unspecified atom stereocenters. The number of thiazole rings is 1. The highest BCUT2D eigenvalue weighted by molar-refractivity contribution is 7.09. The van der Waals surface area contributed by atoms with Crippen molar-refractivity contribution in [3.05, 3.63) is 39.8 Å². The van der Waals surface area contributed by atoms with Gasteiger partial charge in [0, 0.05) is 22.7 Å². The molecule has 1 aromatic carbocycles. The molecule has 2 aromatic rings. The fourth-order valence-corrected chi connectivity index (χ4v) is 1.79. The number of nitrogens with zero attached hydrogens (tertiary/aromatic N) is 1. The molecular weight excluding hydrogens is 232 g/mol. The van der Waals surface area contributed by atoms with Crippen LogP contribution in [0.1, 0.15) is 5.01 Å². The largest absolute Gasteiger partial charge is 0.484 e. The number of aromatic nitrogens is 1. The van der Waals surface area contributed by atoms with Crippen LogP contribution < -0.4 is 10.5 Å². The number of anilines is 1. The van der Waals surface area contributed by atoms with E-state index in [0.29, 0.717) is 23.1 Å². The van der Waals surface area contributed by atoms with Gasteiger partial charge in [0.05, 0.1) is 5.69 Å². The second-order valence-electron chi connectivity index (χ2n) is 2.90. The standard InChI is InChI=1S/C10H9ClN2OS/c11-7-1-2-8(12)9(5-7)14-6-10-13-3-4-15-10/h1-5H,6,12H2.